The summed E-state index contributed by atoms with van der Waals surface area (Å²) in [6, 6.07) is 8.62. The molecule has 0 aliphatic heterocycles. The lowest BCUT2D eigenvalue weighted by atomic mass is 10.1. The first-order valence-electron chi connectivity index (χ1n) is 13.1. The average Bonchev–Trinajstić information content (AvgIpc) is 2.85. The SMILES string of the molecule is CCCCCCCCCC(=O)OC(COC(=O)CCCCCCC)COC(=O)c1ccccc1. The van der Waals surface area contributed by atoms with Crippen LogP contribution in [-0.2, 0) is 23.8 Å². The predicted molar refractivity (Wildman–Crippen MR) is 134 cm³/mol. The van der Waals surface area contributed by atoms with E-state index in [2.05, 4.69) is 13.8 Å². The number of carbonyl (C=O) groups excluding carboxylic acids is 3. The highest BCUT2D eigenvalue weighted by Crippen LogP contribution is 2.11. The fraction of sp³-hybridized carbons (Fsp3) is 0.679. The third-order valence-corrected chi connectivity index (χ3v) is 5.61. The number of carbonyl (C=O) groups is 3. The number of esters is 3. The van der Waals surface area contributed by atoms with Crippen molar-refractivity contribution >= 4 is 17.9 Å². The molecule has 1 aromatic rings. The maximum Gasteiger partial charge on any atom is 0.338 e. The Morgan fingerprint density at radius 1 is 0.647 bits per heavy atom. The second-order valence-corrected chi connectivity index (χ2v) is 8.79. The number of unbranched alkanes of at least 4 members (excludes halogenated alkanes) is 10. The van der Waals surface area contributed by atoms with Crippen LogP contribution in [0, 0.1) is 0 Å². The summed E-state index contributed by atoms with van der Waals surface area (Å²) in [5.74, 6) is -1.18. The molecular formula is C28H44O6. The normalized spacial score (nSPS) is 11.6. The number of hydrogen-bond donors (Lipinski definition) is 0. The van der Waals surface area contributed by atoms with Crippen LogP contribution in [0.2, 0.25) is 0 Å². The van der Waals surface area contributed by atoms with Gasteiger partial charge in [-0.2, -0.15) is 0 Å². The Balaban J connectivity index is 2.43. The van der Waals surface area contributed by atoms with E-state index in [1.165, 1.54) is 32.1 Å². The molecule has 0 saturated carbocycles. The van der Waals surface area contributed by atoms with E-state index >= 15 is 0 Å². The van der Waals surface area contributed by atoms with E-state index in [4.69, 9.17) is 14.2 Å². The summed E-state index contributed by atoms with van der Waals surface area (Å²) in [5.41, 5.74) is 0.416. The van der Waals surface area contributed by atoms with Crippen molar-refractivity contribution < 1.29 is 28.6 Å². The van der Waals surface area contributed by atoms with Gasteiger partial charge in [0.1, 0.15) is 13.2 Å². The summed E-state index contributed by atoms with van der Waals surface area (Å²) in [6.45, 7) is 4.07. The molecule has 0 aromatic heterocycles. The Hall–Kier alpha value is -2.37. The first-order chi connectivity index (χ1) is 16.6. The quantitative estimate of drug-likeness (QED) is 0.117. The maximum atomic E-state index is 12.3. The third-order valence-electron chi connectivity index (χ3n) is 5.61. The van der Waals surface area contributed by atoms with Gasteiger partial charge in [-0.15, -0.1) is 0 Å². The lowest BCUT2D eigenvalue weighted by Crippen LogP contribution is -2.30. The van der Waals surface area contributed by atoms with E-state index in [0.717, 1.165) is 44.9 Å². The van der Waals surface area contributed by atoms with Gasteiger partial charge in [-0.25, -0.2) is 4.79 Å². The average molecular weight is 477 g/mol. The summed E-state index contributed by atoms with van der Waals surface area (Å²) in [7, 11) is 0. The van der Waals surface area contributed by atoms with Crippen molar-refractivity contribution in [3.05, 3.63) is 35.9 Å². The summed E-state index contributed by atoms with van der Waals surface area (Å²) >= 11 is 0. The minimum Gasteiger partial charge on any atom is -0.462 e. The molecule has 6 heteroatoms. The molecule has 0 radical (unpaired) electrons. The van der Waals surface area contributed by atoms with Crippen molar-refractivity contribution in [3.8, 4) is 0 Å². The van der Waals surface area contributed by atoms with Crippen molar-refractivity contribution in [1.82, 2.24) is 0 Å². The molecule has 1 atom stereocenters. The minimum absolute atomic E-state index is 0.112. The second-order valence-electron chi connectivity index (χ2n) is 8.79. The molecule has 1 rings (SSSR count). The first-order valence-corrected chi connectivity index (χ1v) is 13.1. The van der Waals surface area contributed by atoms with Crippen molar-refractivity contribution in [2.75, 3.05) is 13.2 Å². The molecule has 6 nitrogen and oxygen atoms in total. The van der Waals surface area contributed by atoms with Gasteiger partial charge in [-0.1, -0.05) is 96.3 Å². The number of benzene rings is 1. The van der Waals surface area contributed by atoms with E-state index in [0.29, 0.717) is 18.4 Å². The van der Waals surface area contributed by atoms with Gasteiger partial charge in [-0.05, 0) is 25.0 Å². The number of hydrogen-bond acceptors (Lipinski definition) is 6. The minimum atomic E-state index is -0.811. The van der Waals surface area contributed by atoms with Gasteiger partial charge < -0.3 is 14.2 Å². The van der Waals surface area contributed by atoms with Gasteiger partial charge in [0.25, 0.3) is 0 Å². The predicted octanol–water partition coefficient (Wildman–Crippen LogP) is 6.80. The summed E-state index contributed by atoms with van der Waals surface area (Å²) in [4.78, 5) is 36.6. The molecule has 0 N–H and O–H groups in total. The molecule has 1 unspecified atom stereocenters. The third kappa shape index (κ3) is 15.5. The molecule has 0 bridgehead atoms. The molecule has 0 spiro atoms. The largest absolute Gasteiger partial charge is 0.462 e. The zero-order chi connectivity index (χ0) is 24.9. The summed E-state index contributed by atoms with van der Waals surface area (Å²) in [6.07, 6.45) is 12.8. The number of ether oxygens (including phenoxy) is 3. The number of rotatable bonds is 20. The standard InChI is InChI=1S/C28H44O6/c1-3-5-7-9-10-12-17-21-27(30)34-25(22-32-26(29)20-16-11-8-6-4-2)23-33-28(31)24-18-14-13-15-19-24/h13-15,18-19,25H,3-12,16-17,20-23H2,1-2H3. The molecular weight excluding hydrogens is 432 g/mol. The maximum absolute atomic E-state index is 12.3. The Morgan fingerprint density at radius 3 is 1.74 bits per heavy atom. The molecule has 0 aliphatic carbocycles. The van der Waals surface area contributed by atoms with Crippen LogP contribution in [0.1, 0.15) is 114 Å². The molecule has 192 valence electrons. The topological polar surface area (TPSA) is 78.9 Å². The Morgan fingerprint density at radius 2 is 1.15 bits per heavy atom. The van der Waals surface area contributed by atoms with Gasteiger partial charge in [0.05, 0.1) is 5.56 Å². The summed E-state index contributed by atoms with van der Waals surface area (Å²) in [5, 5.41) is 0. The van der Waals surface area contributed by atoms with Crippen LogP contribution in [-0.4, -0.2) is 37.2 Å². The van der Waals surface area contributed by atoms with Gasteiger partial charge in [0, 0.05) is 12.8 Å². The van der Waals surface area contributed by atoms with Gasteiger partial charge in [-0.3, -0.25) is 9.59 Å². The smallest absolute Gasteiger partial charge is 0.338 e. The van der Waals surface area contributed by atoms with Crippen LogP contribution in [0.25, 0.3) is 0 Å². The highest BCUT2D eigenvalue weighted by molar-refractivity contribution is 5.89. The molecule has 1 aromatic carbocycles. The van der Waals surface area contributed by atoms with Gasteiger partial charge in [0.2, 0.25) is 0 Å². The molecule has 0 heterocycles. The zero-order valence-electron chi connectivity index (χ0n) is 21.2. The van der Waals surface area contributed by atoms with Crippen LogP contribution in [0.3, 0.4) is 0 Å². The van der Waals surface area contributed by atoms with Crippen molar-refractivity contribution in [1.29, 1.82) is 0 Å². The van der Waals surface area contributed by atoms with E-state index in [1.807, 2.05) is 6.07 Å². The van der Waals surface area contributed by atoms with Gasteiger partial charge in [0.15, 0.2) is 6.10 Å². The monoisotopic (exact) mass is 476 g/mol. The zero-order valence-corrected chi connectivity index (χ0v) is 21.2. The molecule has 0 saturated heterocycles. The van der Waals surface area contributed by atoms with Crippen molar-refractivity contribution in [2.45, 2.75) is 110 Å². The van der Waals surface area contributed by atoms with Crippen LogP contribution in [0.5, 0.6) is 0 Å². The second kappa shape index (κ2) is 20.0. The molecule has 0 amide bonds. The Labute approximate surface area is 205 Å². The van der Waals surface area contributed by atoms with E-state index in [-0.39, 0.29) is 25.2 Å². The highest BCUT2D eigenvalue weighted by Gasteiger charge is 2.20. The highest BCUT2D eigenvalue weighted by atomic mass is 16.6. The Kier molecular flexibility index (Phi) is 17.5. The lowest BCUT2D eigenvalue weighted by molar-refractivity contribution is -0.161. The van der Waals surface area contributed by atoms with Crippen molar-refractivity contribution in [3.63, 3.8) is 0 Å². The first kappa shape index (κ1) is 29.7. The van der Waals surface area contributed by atoms with Gasteiger partial charge >= 0.3 is 17.9 Å². The fourth-order valence-electron chi connectivity index (χ4n) is 3.54. The van der Waals surface area contributed by atoms with Crippen molar-refractivity contribution in [2.24, 2.45) is 0 Å². The van der Waals surface area contributed by atoms with E-state index in [9.17, 15) is 14.4 Å². The van der Waals surface area contributed by atoms with Crippen LogP contribution in [0.4, 0.5) is 0 Å². The van der Waals surface area contributed by atoms with E-state index in [1.54, 1.807) is 24.3 Å². The van der Waals surface area contributed by atoms with E-state index < -0.39 is 12.1 Å². The van der Waals surface area contributed by atoms with Crippen LogP contribution in [0.15, 0.2) is 30.3 Å². The molecule has 34 heavy (non-hydrogen) atoms. The molecule has 0 aliphatic rings. The summed E-state index contributed by atoms with van der Waals surface area (Å²) < 4.78 is 16.1. The molecule has 0 fully saturated rings. The van der Waals surface area contributed by atoms with Crippen LogP contribution < -0.4 is 0 Å². The fourth-order valence-corrected chi connectivity index (χ4v) is 3.54. The van der Waals surface area contributed by atoms with Crippen LogP contribution >= 0.6 is 0 Å². The Bertz CT molecular complexity index is 673. The lowest BCUT2D eigenvalue weighted by Gasteiger charge is -2.18.